The molecule has 0 spiro atoms. The largest absolute Gasteiger partial charge is 0.393 e. The van der Waals surface area contributed by atoms with Gasteiger partial charge in [0.2, 0.25) is 10.0 Å². The Morgan fingerprint density at radius 1 is 1.30 bits per heavy atom. The van der Waals surface area contributed by atoms with Crippen molar-refractivity contribution in [3.8, 4) is 6.07 Å². The maximum atomic E-state index is 12.3. The summed E-state index contributed by atoms with van der Waals surface area (Å²) in [5, 5.41) is 18.7. The van der Waals surface area contributed by atoms with Crippen LogP contribution in [0.15, 0.2) is 23.1 Å². The molecule has 1 aromatic carbocycles. The van der Waals surface area contributed by atoms with Gasteiger partial charge in [-0.15, -0.1) is 0 Å². The number of aliphatic hydroxyl groups is 1. The van der Waals surface area contributed by atoms with Crippen LogP contribution in [0.3, 0.4) is 0 Å². The topological polar surface area (TPSA) is 90.2 Å². The number of benzene rings is 1. The third kappa shape index (κ3) is 3.49. The van der Waals surface area contributed by atoms with E-state index < -0.39 is 10.0 Å². The summed E-state index contributed by atoms with van der Waals surface area (Å²) in [6.45, 7) is 0. The van der Waals surface area contributed by atoms with Crippen molar-refractivity contribution in [2.75, 3.05) is 0 Å². The molecule has 0 aromatic heterocycles. The van der Waals surface area contributed by atoms with Crippen molar-refractivity contribution in [3.63, 3.8) is 0 Å². The molecule has 0 heterocycles. The van der Waals surface area contributed by atoms with E-state index in [1.165, 1.54) is 18.2 Å². The van der Waals surface area contributed by atoms with Crippen LogP contribution >= 0.6 is 11.6 Å². The minimum Gasteiger partial charge on any atom is -0.393 e. The van der Waals surface area contributed by atoms with Crippen LogP contribution in [-0.4, -0.2) is 25.7 Å². The highest BCUT2D eigenvalue weighted by Crippen LogP contribution is 2.23. The van der Waals surface area contributed by atoms with Crippen LogP contribution in [0.25, 0.3) is 0 Å². The van der Waals surface area contributed by atoms with Gasteiger partial charge >= 0.3 is 0 Å². The number of aliphatic hydroxyl groups excluding tert-OH is 1. The molecule has 0 radical (unpaired) electrons. The first-order valence-electron chi connectivity index (χ1n) is 6.32. The SMILES string of the molecule is N#Cc1ccc(Cl)cc1S(=O)(=O)NC1CCC(O)CC1. The second-order valence-electron chi connectivity index (χ2n) is 4.88. The molecule has 0 atom stereocenters. The van der Waals surface area contributed by atoms with Crippen LogP contribution in [-0.2, 0) is 10.0 Å². The zero-order chi connectivity index (χ0) is 14.8. The second-order valence-corrected chi connectivity index (χ2v) is 7.00. The zero-order valence-electron chi connectivity index (χ0n) is 10.7. The fraction of sp³-hybridized carbons (Fsp3) is 0.462. The number of nitriles is 1. The highest BCUT2D eigenvalue weighted by atomic mass is 35.5. The third-order valence-electron chi connectivity index (χ3n) is 3.37. The maximum absolute atomic E-state index is 12.3. The Balaban J connectivity index is 2.23. The Morgan fingerprint density at radius 3 is 2.55 bits per heavy atom. The molecule has 1 aliphatic rings. The summed E-state index contributed by atoms with van der Waals surface area (Å²) in [6.07, 6.45) is 1.98. The Labute approximate surface area is 123 Å². The third-order valence-corrected chi connectivity index (χ3v) is 5.17. The van der Waals surface area contributed by atoms with Crippen molar-refractivity contribution in [2.24, 2.45) is 0 Å². The van der Waals surface area contributed by atoms with Crippen molar-refractivity contribution < 1.29 is 13.5 Å². The summed E-state index contributed by atoms with van der Waals surface area (Å²) >= 11 is 5.81. The lowest BCUT2D eigenvalue weighted by atomic mass is 9.94. The quantitative estimate of drug-likeness (QED) is 0.890. The number of sulfonamides is 1. The van der Waals surface area contributed by atoms with E-state index >= 15 is 0 Å². The van der Waals surface area contributed by atoms with E-state index in [4.69, 9.17) is 16.9 Å². The predicted octanol–water partition coefficient (Wildman–Crippen LogP) is 1.79. The first-order valence-corrected chi connectivity index (χ1v) is 8.18. The standard InChI is InChI=1S/C13H15ClN2O3S/c14-10-2-1-9(8-15)13(7-10)20(18,19)16-11-3-5-12(17)6-4-11/h1-2,7,11-12,16-17H,3-6H2. The van der Waals surface area contributed by atoms with Gasteiger partial charge in [-0.2, -0.15) is 5.26 Å². The van der Waals surface area contributed by atoms with Crippen LogP contribution < -0.4 is 4.72 Å². The van der Waals surface area contributed by atoms with Gasteiger partial charge in [0.05, 0.1) is 11.7 Å². The van der Waals surface area contributed by atoms with Crippen molar-refractivity contribution in [1.82, 2.24) is 4.72 Å². The van der Waals surface area contributed by atoms with E-state index in [1.807, 2.05) is 6.07 Å². The van der Waals surface area contributed by atoms with Gasteiger partial charge in [0.25, 0.3) is 0 Å². The van der Waals surface area contributed by atoms with E-state index in [2.05, 4.69) is 4.72 Å². The minimum absolute atomic E-state index is 0.0674. The molecule has 1 aromatic rings. The van der Waals surface area contributed by atoms with E-state index in [0.29, 0.717) is 25.7 Å². The molecular formula is C13H15ClN2O3S. The van der Waals surface area contributed by atoms with Crippen LogP contribution in [0.4, 0.5) is 0 Å². The summed E-state index contributed by atoms with van der Waals surface area (Å²) in [4.78, 5) is -0.0985. The molecule has 2 rings (SSSR count). The molecule has 7 heteroatoms. The number of halogens is 1. The molecular weight excluding hydrogens is 300 g/mol. The molecule has 0 aliphatic heterocycles. The summed E-state index contributed by atoms with van der Waals surface area (Å²) in [5.41, 5.74) is 0.0674. The van der Waals surface area contributed by atoms with Gasteiger partial charge in [-0.25, -0.2) is 13.1 Å². The van der Waals surface area contributed by atoms with E-state index in [-0.39, 0.29) is 27.6 Å². The van der Waals surface area contributed by atoms with Gasteiger partial charge in [0.15, 0.2) is 0 Å². The lowest BCUT2D eigenvalue weighted by Crippen LogP contribution is -2.38. The Morgan fingerprint density at radius 2 is 1.95 bits per heavy atom. The number of hydrogen-bond acceptors (Lipinski definition) is 4. The normalized spacial score (nSPS) is 23.2. The van der Waals surface area contributed by atoms with Crippen molar-refractivity contribution in [2.45, 2.75) is 42.7 Å². The molecule has 1 aliphatic carbocycles. The first-order chi connectivity index (χ1) is 9.42. The maximum Gasteiger partial charge on any atom is 0.242 e. The predicted molar refractivity (Wildman–Crippen MR) is 74.8 cm³/mol. The average Bonchev–Trinajstić information content (AvgIpc) is 2.41. The summed E-state index contributed by atoms with van der Waals surface area (Å²) in [6, 6.07) is 5.79. The van der Waals surface area contributed by atoms with Gasteiger partial charge in [-0.3, -0.25) is 0 Å². The van der Waals surface area contributed by atoms with Gasteiger partial charge in [-0.05, 0) is 43.9 Å². The van der Waals surface area contributed by atoms with E-state index in [0.717, 1.165) is 0 Å². The van der Waals surface area contributed by atoms with Crippen LogP contribution in [0.1, 0.15) is 31.2 Å². The highest BCUT2D eigenvalue weighted by Gasteiger charge is 2.26. The molecule has 108 valence electrons. The Hall–Kier alpha value is -1.13. The lowest BCUT2D eigenvalue weighted by Gasteiger charge is -2.26. The van der Waals surface area contributed by atoms with Gasteiger partial charge < -0.3 is 5.11 Å². The lowest BCUT2D eigenvalue weighted by molar-refractivity contribution is 0.120. The van der Waals surface area contributed by atoms with Gasteiger partial charge in [0.1, 0.15) is 11.0 Å². The summed E-state index contributed by atoms with van der Waals surface area (Å²) in [5.74, 6) is 0. The van der Waals surface area contributed by atoms with Crippen LogP contribution in [0, 0.1) is 11.3 Å². The molecule has 0 unspecified atom stereocenters. The van der Waals surface area contributed by atoms with E-state index in [9.17, 15) is 13.5 Å². The Bertz CT molecular complexity index is 632. The highest BCUT2D eigenvalue weighted by molar-refractivity contribution is 7.89. The fourth-order valence-electron chi connectivity index (χ4n) is 2.29. The molecule has 0 saturated heterocycles. The summed E-state index contributed by atoms with van der Waals surface area (Å²) in [7, 11) is -3.78. The van der Waals surface area contributed by atoms with Crippen molar-refractivity contribution >= 4 is 21.6 Å². The molecule has 0 amide bonds. The average molecular weight is 315 g/mol. The first kappa shape index (κ1) is 15.3. The fourth-order valence-corrected chi connectivity index (χ4v) is 4.01. The number of nitrogens with one attached hydrogen (secondary N) is 1. The van der Waals surface area contributed by atoms with Crippen molar-refractivity contribution in [3.05, 3.63) is 28.8 Å². The second kappa shape index (κ2) is 6.10. The monoisotopic (exact) mass is 314 g/mol. The van der Waals surface area contributed by atoms with Gasteiger partial charge in [-0.1, -0.05) is 11.6 Å². The van der Waals surface area contributed by atoms with Crippen LogP contribution in [0.5, 0.6) is 0 Å². The minimum atomic E-state index is -3.78. The molecule has 20 heavy (non-hydrogen) atoms. The molecule has 0 bridgehead atoms. The smallest absolute Gasteiger partial charge is 0.242 e. The summed E-state index contributed by atoms with van der Waals surface area (Å²) < 4.78 is 27.2. The molecule has 5 nitrogen and oxygen atoms in total. The number of hydrogen-bond donors (Lipinski definition) is 2. The molecule has 1 saturated carbocycles. The Kier molecular flexibility index (Phi) is 4.66. The number of nitrogens with zero attached hydrogens (tertiary/aromatic N) is 1. The van der Waals surface area contributed by atoms with Crippen molar-refractivity contribution in [1.29, 1.82) is 5.26 Å². The number of rotatable bonds is 3. The van der Waals surface area contributed by atoms with Crippen LogP contribution in [0.2, 0.25) is 5.02 Å². The van der Waals surface area contributed by atoms with E-state index in [1.54, 1.807) is 0 Å². The molecule has 1 fully saturated rings. The van der Waals surface area contributed by atoms with Gasteiger partial charge in [0, 0.05) is 11.1 Å². The zero-order valence-corrected chi connectivity index (χ0v) is 12.3. The molecule has 2 N–H and O–H groups in total.